The summed E-state index contributed by atoms with van der Waals surface area (Å²) in [6, 6.07) is 0. The summed E-state index contributed by atoms with van der Waals surface area (Å²) in [5, 5.41) is 12.1. The fraction of sp³-hybridized carbons (Fsp3) is 1.00. The van der Waals surface area contributed by atoms with Crippen molar-refractivity contribution in [3.05, 3.63) is 0 Å². The SMILES string of the molecule is CC(O)C(C)OC1CNC1. The van der Waals surface area contributed by atoms with Gasteiger partial charge in [-0.1, -0.05) is 0 Å². The van der Waals surface area contributed by atoms with Crippen LogP contribution in [0.3, 0.4) is 0 Å². The van der Waals surface area contributed by atoms with Crippen molar-refractivity contribution in [1.29, 1.82) is 0 Å². The molecule has 0 aliphatic carbocycles. The van der Waals surface area contributed by atoms with Crippen LogP contribution in [0.15, 0.2) is 0 Å². The van der Waals surface area contributed by atoms with Crippen molar-refractivity contribution >= 4 is 0 Å². The van der Waals surface area contributed by atoms with Gasteiger partial charge in [0.15, 0.2) is 0 Å². The average Bonchev–Trinajstić information content (AvgIpc) is 1.77. The first-order valence-corrected chi connectivity index (χ1v) is 3.74. The smallest absolute Gasteiger partial charge is 0.0828 e. The lowest BCUT2D eigenvalue weighted by atomic mass is 10.2. The molecule has 1 saturated heterocycles. The highest BCUT2D eigenvalue weighted by atomic mass is 16.5. The van der Waals surface area contributed by atoms with Crippen LogP contribution in [-0.2, 0) is 4.74 Å². The van der Waals surface area contributed by atoms with Crippen LogP contribution >= 0.6 is 0 Å². The Balaban J connectivity index is 2.10. The molecule has 0 amide bonds. The molecule has 10 heavy (non-hydrogen) atoms. The minimum atomic E-state index is -0.361. The zero-order valence-electron chi connectivity index (χ0n) is 6.50. The molecule has 0 bridgehead atoms. The number of aliphatic hydroxyl groups excluding tert-OH is 1. The molecule has 0 aromatic heterocycles. The number of hydrogen-bond donors (Lipinski definition) is 2. The predicted octanol–water partition coefficient (Wildman–Crippen LogP) is -0.256. The summed E-state index contributed by atoms with van der Waals surface area (Å²) in [6.07, 6.45) is -0.0719. The summed E-state index contributed by atoms with van der Waals surface area (Å²) in [7, 11) is 0. The summed E-state index contributed by atoms with van der Waals surface area (Å²) in [6.45, 7) is 5.49. The molecule has 1 heterocycles. The van der Waals surface area contributed by atoms with E-state index in [1.807, 2.05) is 6.92 Å². The van der Waals surface area contributed by atoms with Crippen LogP contribution in [0.5, 0.6) is 0 Å². The van der Waals surface area contributed by atoms with Crippen molar-refractivity contribution in [2.24, 2.45) is 0 Å². The summed E-state index contributed by atoms with van der Waals surface area (Å²) < 4.78 is 5.44. The van der Waals surface area contributed by atoms with Crippen LogP contribution < -0.4 is 5.32 Å². The lowest BCUT2D eigenvalue weighted by Crippen LogP contribution is -2.50. The Kier molecular flexibility index (Phi) is 2.65. The second kappa shape index (κ2) is 3.32. The Morgan fingerprint density at radius 2 is 2.10 bits per heavy atom. The van der Waals surface area contributed by atoms with Gasteiger partial charge in [-0.2, -0.15) is 0 Å². The quantitative estimate of drug-likeness (QED) is 0.575. The van der Waals surface area contributed by atoms with Gasteiger partial charge in [-0.3, -0.25) is 0 Å². The van der Waals surface area contributed by atoms with E-state index in [2.05, 4.69) is 5.32 Å². The van der Waals surface area contributed by atoms with Crippen LogP contribution in [0, 0.1) is 0 Å². The molecule has 3 nitrogen and oxygen atoms in total. The first-order valence-electron chi connectivity index (χ1n) is 3.74. The van der Waals surface area contributed by atoms with Crippen LogP contribution in [0.1, 0.15) is 13.8 Å². The largest absolute Gasteiger partial charge is 0.391 e. The van der Waals surface area contributed by atoms with E-state index in [1.54, 1.807) is 6.92 Å². The predicted molar refractivity (Wildman–Crippen MR) is 38.9 cm³/mol. The van der Waals surface area contributed by atoms with E-state index in [-0.39, 0.29) is 12.2 Å². The van der Waals surface area contributed by atoms with Gasteiger partial charge in [0.25, 0.3) is 0 Å². The third kappa shape index (κ3) is 1.94. The lowest BCUT2D eigenvalue weighted by molar-refractivity contribution is -0.0777. The van der Waals surface area contributed by atoms with Gasteiger partial charge in [0, 0.05) is 13.1 Å². The van der Waals surface area contributed by atoms with Gasteiger partial charge in [-0.15, -0.1) is 0 Å². The molecule has 60 valence electrons. The van der Waals surface area contributed by atoms with Crippen molar-refractivity contribution in [2.75, 3.05) is 13.1 Å². The number of ether oxygens (including phenoxy) is 1. The highest BCUT2D eigenvalue weighted by Crippen LogP contribution is 2.05. The van der Waals surface area contributed by atoms with Gasteiger partial charge in [0.2, 0.25) is 0 Å². The summed E-state index contributed by atoms with van der Waals surface area (Å²) in [5.74, 6) is 0. The Hall–Kier alpha value is -0.120. The molecule has 2 unspecified atom stereocenters. The molecular weight excluding hydrogens is 130 g/mol. The van der Waals surface area contributed by atoms with Crippen LogP contribution in [-0.4, -0.2) is 36.5 Å². The van der Waals surface area contributed by atoms with Gasteiger partial charge in [0.1, 0.15) is 0 Å². The van der Waals surface area contributed by atoms with Crippen molar-refractivity contribution < 1.29 is 9.84 Å². The van der Waals surface area contributed by atoms with E-state index in [9.17, 15) is 0 Å². The normalized spacial score (nSPS) is 25.5. The maximum atomic E-state index is 9.04. The molecule has 2 atom stereocenters. The molecule has 0 saturated carbocycles. The Morgan fingerprint density at radius 1 is 1.50 bits per heavy atom. The summed E-state index contributed by atoms with van der Waals surface area (Å²) >= 11 is 0. The van der Waals surface area contributed by atoms with Gasteiger partial charge >= 0.3 is 0 Å². The van der Waals surface area contributed by atoms with Crippen molar-refractivity contribution in [1.82, 2.24) is 5.32 Å². The number of rotatable bonds is 3. The second-order valence-electron chi connectivity index (χ2n) is 2.86. The Morgan fingerprint density at radius 3 is 2.40 bits per heavy atom. The van der Waals surface area contributed by atoms with Crippen LogP contribution in [0.25, 0.3) is 0 Å². The van der Waals surface area contributed by atoms with Gasteiger partial charge < -0.3 is 15.2 Å². The fourth-order valence-electron chi connectivity index (χ4n) is 0.776. The minimum absolute atomic E-state index is 0.0351. The van der Waals surface area contributed by atoms with E-state index in [1.165, 1.54) is 0 Å². The van der Waals surface area contributed by atoms with Gasteiger partial charge in [-0.25, -0.2) is 0 Å². The molecule has 1 fully saturated rings. The van der Waals surface area contributed by atoms with E-state index < -0.39 is 0 Å². The zero-order chi connectivity index (χ0) is 7.56. The summed E-state index contributed by atoms with van der Waals surface area (Å²) in [4.78, 5) is 0. The van der Waals surface area contributed by atoms with Crippen LogP contribution in [0.4, 0.5) is 0 Å². The summed E-state index contributed by atoms with van der Waals surface area (Å²) in [5.41, 5.74) is 0. The first-order chi connectivity index (χ1) is 4.70. The van der Waals surface area contributed by atoms with E-state index in [0.717, 1.165) is 13.1 Å². The third-order valence-electron chi connectivity index (χ3n) is 1.83. The number of nitrogens with one attached hydrogen (secondary N) is 1. The highest BCUT2D eigenvalue weighted by molar-refractivity contribution is 4.76. The molecular formula is C7H15NO2. The van der Waals surface area contributed by atoms with E-state index in [0.29, 0.717) is 6.10 Å². The maximum Gasteiger partial charge on any atom is 0.0828 e. The zero-order valence-corrected chi connectivity index (χ0v) is 6.50. The maximum absolute atomic E-state index is 9.04. The average molecular weight is 145 g/mol. The number of hydrogen-bond acceptors (Lipinski definition) is 3. The minimum Gasteiger partial charge on any atom is -0.391 e. The fourth-order valence-corrected chi connectivity index (χ4v) is 0.776. The van der Waals surface area contributed by atoms with Crippen molar-refractivity contribution in [3.8, 4) is 0 Å². The van der Waals surface area contributed by atoms with E-state index >= 15 is 0 Å². The molecule has 1 rings (SSSR count). The molecule has 1 aliphatic rings. The topological polar surface area (TPSA) is 41.5 Å². The molecule has 0 aromatic carbocycles. The molecule has 0 spiro atoms. The lowest BCUT2D eigenvalue weighted by Gasteiger charge is -2.31. The molecule has 1 aliphatic heterocycles. The van der Waals surface area contributed by atoms with E-state index in [4.69, 9.17) is 9.84 Å². The molecule has 3 heteroatoms. The van der Waals surface area contributed by atoms with Gasteiger partial charge in [0.05, 0.1) is 18.3 Å². The third-order valence-corrected chi connectivity index (χ3v) is 1.83. The molecule has 0 radical (unpaired) electrons. The highest BCUT2D eigenvalue weighted by Gasteiger charge is 2.21. The molecule has 2 N–H and O–H groups in total. The Labute approximate surface area is 61.4 Å². The Bertz CT molecular complexity index is 102. The van der Waals surface area contributed by atoms with Crippen LogP contribution in [0.2, 0.25) is 0 Å². The van der Waals surface area contributed by atoms with Gasteiger partial charge in [-0.05, 0) is 13.8 Å². The standard InChI is InChI=1S/C7H15NO2/c1-5(9)6(2)10-7-3-8-4-7/h5-9H,3-4H2,1-2H3. The molecule has 0 aromatic rings. The second-order valence-corrected chi connectivity index (χ2v) is 2.86. The first kappa shape index (κ1) is 7.98. The van der Waals surface area contributed by atoms with Crippen molar-refractivity contribution in [3.63, 3.8) is 0 Å². The van der Waals surface area contributed by atoms with Crippen molar-refractivity contribution in [2.45, 2.75) is 32.2 Å². The number of aliphatic hydroxyl groups is 1. The monoisotopic (exact) mass is 145 g/mol.